The fraction of sp³-hybridized carbons (Fsp3) is 0. The molecule has 0 saturated carbocycles. The van der Waals surface area contributed by atoms with E-state index in [1.807, 2.05) is 0 Å². The average Bonchev–Trinajstić information content (AvgIpc) is 3.61. The van der Waals surface area contributed by atoms with E-state index in [-0.39, 0.29) is 0 Å². The predicted octanol–water partition coefficient (Wildman–Crippen LogP) is 14.9. The van der Waals surface area contributed by atoms with Crippen LogP contribution in [0.1, 0.15) is 0 Å². The molecule has 0 bridgehead atoms. The Hall–Kier alpha value is -7.42. The molecule has 2 heteroatoms. The first-order valence-electron chi connectivity index (χ1n) is 19.2. The van der Waals surface area contributed by atoms with Crippen molar-refractivity contribution < 1.29 is 0 Å². The molecule has 9 aromatic carbocycles. The molecule has 1 heterocycles. The van der Waals surface area contributed by atoms with Crippen LogP contribution in [0, 0.1) is 0 Å². The quantitative estimate of drug-likeness (QED) is 0.166. The molecular formula is C54H38N2. The molecule has 1 N–H and O–H groups in total. The van der Waals surface area contributed by atoms with E-state index in [9.17, 15) is 0 Å². The van der Waals surface area contributed by atoms with E-state index in [1.165, 1.54) is 71.9 Å². The third kappa shape index (κ3) is 6.34. The third-order valence-corrected chi connectivity index (χ3v) is 10.7. The Labute approximate surface area is 327 Å². The van der Waals surface area contributed by atoms with Crippen molar-refractivity contribution in [2.45, 2.75) is 0 Å². The van der Waals surface area contributed by atoms with Crippen LogP contribution in [0.15, 0.2) is 224 Å². The zero-order valence-corrected chi connectivity index (χ0v) is 30.8. The largest absolute Gasteiger partial charge is 0.355 e. The lowest BCUT2D eigenvalue weighted by Crippen LogP contribution is -1.96. The maximum absolute atomic E-state index is 3.73. The van der Waals surface area contributed by atoms with Gasteiger partial charge in [0.1, 0.15) is 0 Å². The summed E-state index contributed by atoms with van der Waals surface area (Å²) in [7, 11) is 0. The smallest absolute Gasteiger partial charge is 0.0541 e. The SMILES string of the molecule is c1ccc(-c2cccc(Nc3ccccc3-c3cccc(-c4ccc5c(c4)c4ccccc4n5-c4cc(-c5ccccc5)cc(-c5ccccc5)c4)c3)c2)cc1. The van der Waals surface area contributed by atoms with Gasteiger partial charge >= 0.3 is 0 Å². The number of hydrogen-bond acceptors (Lipinski definition) is 1. The molecule has 0 aliphatic heterocycles. The van der Waals surface area contributed by atoms with Crippen LogP contribution in [0.25, 0.3) is 83.1 Å². The maximum Gasteiger partial charge on any atom is 0.0541 e. The topological polar surface area (TPSA) is 17.0 Å². The Morgan fingerprint density at radius 1 is 0.286 bits per heavy atom. The number of fused-ring (bicyclic) bond motifs is 3. The molecule has 1 aromatic heterocycles. The number of rotatable bonds is 8. The highest BCUT2D eigenvalue weighted by Crippen LogP contribution is 2.39. The Bertz CT molecular complexity index is 2920. The van der Waals surface area contributed by atoms with E-state index in [0.717, 1.165) is 22.6 Å². The second-order valence-corrected chi connectivity index (χ2v) is 14.3. The Kier molecular flexibility index (Phi) is 8.55. The zero-order chi connectivity index (χ0) is 37.3. The van der Waals surface area contributed by atoms with Crippen LogP contribution in [0.5, 0.6) is 0 Å². The van der Waals surface area contributed by atoms with E-state index in [0.29, 0.717) is 0 Å². The van der Waals surface area contributed by atoms with Gasteiger partial charge in [-0.1, -0.05) is 164 Å². The van der Waals surface area contributed by atoms with Crippen LogP contribution in [-0.2, 0) is 0 Å². The molecule has 0 saturated heterocycles. The molecule has 0 aliphatic rings. The van der Waals surface area contributed by atoms with Crippen molar-refractivity contribution in [1.82, 2.24) is 4.57 Å². The highest BCUT2D eigenvalue weighted by Gasteiger charge is 2.16. The summed E-state index contributed by atoms with van der Waals surface area (Å²) in [5, 5.41) is 6.20. The lowest BCUT2D eigenvalue weighted by molar-refractivity contribution is 1.18. The van der Waals surface area contributed by atoms with Gasteiger partial charge in [-0.25, -0.2) is 0 Å². The number of nitrogens with zero attached hydrogens (tertiary/aromatic N) is 1. The highest BCUT2D eigenvalue weighted by molar-refractivity contribution is 6.10. The summed E-state index contributed by atoms with van der Waals surface area (Å²) in [6, 6.07) is 80.7. The average molecular weight is 715 g/mol. The molecule has 0 amide bonds. The van der Waals surface area contributed by atoms with Gasteiger partial charge in [-0.2, -0.15) is 0 Å². The Balaban J connectivity index is 1.05. The lowest BCUT2D eigenvalue weighted by atomic mass is 9.97. The van der Waals surface area contributed by atoms with Crippen molar-refractivity contribution in [2.24, 2.45) is 0 Å². The summed E-state index contributed by atoms with van der Waals surface area (Å²) < 4.78 is 2.43. The summed E-state index contributed by atoms with van der Waals surface area (Å²) in [4.78, 5) is 0. The molecule has 0 spiro atoms. The van der Waals surface area contributed by atoms with Gasteiger partial charge in [0.15, 0.2) is 0 Å². The van der Waals surface area contributed by atoms with Gasteiger partial charge in [0, 0.05) is 33.4 Å². The minimum absolute atomic E-state index is 1.06. The zero-order valence-electron chi connectivity index (χ0n) is 30.8. The van der Waals surface area contributed by atoms with Crippen LogP contribution in [0.2, 0.25) is 0 Å². The molecule has 56 heavy (non-hydrogen) atoms. The number of nitrogens with one attached hydrogen (secondary N) is 1. The van der Waals surface area contributed by atoms with Crippen molar-refractivity contribution >= 4 is 33.2 Å². The molecule has 0 radical (unpaired) electrons. The number of para-hydroxylation sites is 2. The summed E-state index contributed by atoms with van der Waals surface area (Å²) >= 11 is 0. The highest BCUT2D eigenvalue weighted by atomic mass is 15.0. The fourth-order valence-corrected chi connectivity index (χ4v) is 8.04. The van der Waals surface area contributed by atoms with Gasteiger partial charge < -0.3 is 9.88 Å². The van der Waals surface area contributed by atoms with Gasteiger partial charge in [0.25, 0.3) is 0 Å². The van der Waals surface area contributed by atoms with Gasteiger partial charge in [-0.3, -0.25) is 0 Å². The Morgan fingerprint density at radius 2 is 0.786 bits per heavy atom. The normalized spacial score (nSPS) is 11.2. The molecule has 10 aromatic rings. The molecule has 2 nitrogen and oxygen atoms in total. The van der Waals surface area contributed by atoms with Crippen LogP contribution >= 0.6 is 0 Å². The van der Waals surface area contributed by atoms with Gasteiger partial charge in [-0.15, -0.1) is 0 Å². The van der Waals surface area contributed by atoms with Crippen molar-refractivity contribution in [3.05, 3.63) is 224 Å². The Morgan fingerprint density at radius 3 is 1.50 bits per heavy atom. The molecule has 10 rings (SSSR count). The maximum atomic E-state index is 3.73. The first-order valence-corrected chi connectivity index (χ1v) is 19.2. The number of aromatic nitrogens is 1. The van der Waals surface area contributed by atoms with E-state index >= 15 is 0 Å². The van der Waals surface area contributed by atoms with Crippen molar-refractivity contribution in [3.8, 4) is 61.3 Å². The van der Waals surface area contributed by atoms with Crippen LogP contribution in [0.4, 0.5) is 11.4 Å². The minimum Gasteiger partial charge on any atom is -0.355 e. The second kappa shape index (κ2) is 14.4. The van der Waals surface area contributed by atoms with Crippen molar-refractivity contribution in [1.29, 1.82) is 0 Å². The second-order valence-electron chi connectivity index (χ2n) is 14.3. The standard InChI is InChI=1S/C54H38N2/c1-4-16-38(17-5-1)42-23-15-25-47(34-42)55-52-28-12-10-26-49(52)44-24-14-22-41(32-44)43-30-31-54-51(37-43)50-27-11-13-29-53(50)56(54)48-35-45(39-18-6-2-7-19-39)33-46(36-48)40-20-8-3-9-21-40/h1-37,55H. The fourth-order valence-electron chi connectivity index (χ4n) is 8.04. The molecule has 0 fully saturated rings. The lowest BCUT2D eigenvalue weighted by Gasteiger charge is -2.15. The van der Waals surface area contributed by atoms with Gasteiger partial charge in [-0.05, 0) is 111 Å². The minimum atomic E-state index is 1.06. The van der Waals surface area contributed by atoms with Crippen LogP contribution in [-0.4, -0.2) is 4.57 Å². The van der Waals surface area contributed by atoms with Crippen LogP contribution in [0.3, 0.4) is 0 Å². The summed E-state index contributed by atoms with van der Waals surface area (Å²) in [5.41, 5.74) is 17.5. The summed E-state index contributed by atoms with van der Waals surface area (Å²) in [5.74, 6) is 0. The predicted molar refractivity (Wildman–Crippen MR) is 238 cm³/mol. The monoisotopic (exact) mass is 714 g/mol. The van der Waals surface area contributed by atoms with E-state index in [2.05, 4.69) is 234 Å². The van der Waals surface area contributed by atoms with Gasteiger partial charge in [0.2, 0.25) is 0 Å². The van der Waals surface area contributed by atoms with E-state index in [1.54, 1.807) is 0 Å². The first kappa shape index (κ1) is 33.2. The molecule has 0 unspecified atom stereocenters. The third-order valence-electron chi connectivity index (χ3n) is 10.7. The number of hydrogen-bond donors (Lipinski definition) is 1. The van der Waals surface area contributed by atoms with Crippen molar-refractivity contribution in [3.63, 3.8) is 0 Å². The van der Waals surface area contributed by atoms with Crippen LogP contribution < -0.4 is 5.32 Å². The number of benzene rings is 9. The molecule has 264 valence electrons. The molecule has 0 atom stereocenters. The summed E-state index contributed by atoms with van der Waals surface area (Å²) in [6.07, 6.45) is 0. The number of anilines is 2. The summed E-state index contributed by atoms with van der Waals surface area (Å²) in [6.45, 7) is 0. The van der Waals surface area contributed by atoms with E-state index in [4.69, 9.17) is 0 Å². The molecule has 0 aliphatic carbocycles. The molecular weight excluding hydrogens is 677 g/mol. The first-order chi connectivity index (χ1) is 27.7. The van der Waals surface area contributed by atoms with Gasteiger partial charge in [0.05, 0.1) is 11.0 Å². The van der Waals surface area contributed by atoms with E-state index < -0.39 is 0 Å². The van der Waals surface area contributed by atoms with Crippen molar-refractivity contribution in [2.75, 3.05) is 5.32 Å².